The fraction of sp³-hybridized carbons (Fsp3) is 0.160. The number of aryl methyl sites for hydroxylation is 2. The molecule has 0 saturated heterocycles. The van der Waals surface area contributed by atoms with Crippen molar-refractivity contribution in [3.8, 4) is 0 Å². The number of aromatic carboxylic acids is 1. The second-order valence-electron chi connectivity index (χ2n) is 6.96. The quantitative estimate of drug-likeness (QED) is 0.410. The van der Waals surface area contributed by atoms with Crippen molar-refractivity contribution < 1.29 is 9.90 Å². The van der Waals surface area contributed by atoms with Crippen molar-refractivity contribution in [3.63, 3.8) is 0 Å². The number of carbonyl (C=O) groups is 1. The van der Waals surface area contributed by atoms with E-state index in [9.17, 15) is 4.79 Å². The molecule has 5 rings (SSSR count). The third kappa shape index (κ3) is 3.56. The molecular formula is C25H22O2. The van der Waals surface area contributed by atoms with Crippen LogP contribution in [-0.4, -0.2) is 11.1 Å². The maximum atomic E-state index is 10.2. The van der Waals surface area contributed by atoms with Crippen LogP contribution >= 0.6 is 0 Å². The SMILES string of the molecule is O=C(O)c1ccccc1.c1ccc2c(c1)ccc1c3c(ccc12)CCCC3. The molecule has 1 aliphatic carbocycles. The highest BCUT2D eigenvalue weighted by atomic mass is 16.4. The lowest BCUT2D eigenvalue weighted by molar-refractivity contribution is 0.0697. The van der Waals surface area contributed by atoms with E-state index < -0.39 is 5.97 Å². The van der Waals surface area contributed by atoms with Gasteiger partial charge in [-0.3, -0.25) is 0 Å². The van der Waals surface area contributed by atoms with Crippen LogP contribution in [0.5, 0.6) is 0 Å². The Morgan fingerprint density at radius 1 is 0.667 bits per heavy atom. The van der Waals surface area contributed by atoms with Gasteiger partial charge in [-0.15, -0.1) is 0 Å². The highest BCUT2D eigenvalue weighted by Gasteiger charge is 2.13. The summed E-state index contributed by atoms with van der Waals surface area (Å²) in [5.41, 5.74) is 3.51. The summed E-state index contributed by atoms with van der Waals surface area (Å²) >= 11 is 0. The second kappa shape index (κ2) is 7.63. The summed E-state index contributed by atoms with van der Waals surface area (Å²) in [5.74, 6) is -0.879. The Labute approximate surface area is 159 Å². The van der Waals surface area contributed by atoms with E-state index in [1.165, 1.54) is 47.2 Å². The second-order valence-corrected chi connectivity index (χ2v) is 6.96. The molecule has 0 aromatic heterocycles. The van der Waals surface area contributed by atoms with Crippen LogP contribution in [-0.2, 0) is 12.8 Å². The van der Waals surface area contributed by atoms with Crippen molar-refractivity contribution in [2.45, 2.75) is 25.7 Å². The maximum absolute atomic E-state index is 10.2. The number of fused-ring (bicyclic) bond motifs is 5. The lowest BCUT2D eigenvalue weighted by atomic mass is 9.86. The van der Waals surface area contributed by atoms with Gasteiger partial charge in [0.05, 0.1) is 5.56 Å². The molecule has 0 fully saturated rings. The van der Waals surface area contributed by atoms with Crippen LogP contribution in [0.4, 0.5) is 0 Å². The third-order valence-electron chi connectivity index (χ3n) is 5.28. The van der Waals surface area contributed by atoms with Crippen molar-refractivity contribution >= 4 is 27.5 Å². The Morgan fingerprint density at radius 2 is 1.37 bits per heavy atom. The predicted molar refractivity (Wildman–Crippen MR) is 111 cm³/mol. The highest BCUT2D eigenvalue weighted by molar-refractivity contribution is 6.08. The van der Waals surface area contributed by atoms with E-state index in [1.807, 2.05) is 0 Å². The van der Waals surface area contributed by atoms with Gasteiger partial charge in [0.25, 0.3) is 0 Å². The van der Waals surface area contributed by atoms with Crippen LogP contribution < -0.4 is 0 Å². The van der Waals surface area contributed by atoms with E-state index >= 15 is 0 Å². The van der Waals surface area contributed by atoms with Crippen LogP contribution in [0.15, 0.2) is 78.9 Å². The smallest absolute Gasteiger partial charge is 0.335 e. The van der Waals surface area contributed by atoms with Crippen LogP contribution in [0.1, 0.15) is 34.3 Å². The summed E-state index contributed by atoms with van der Waals surface area (Å²) in [6.07, 6.45) is 5.22. The average molecular weight is 354 g/mol. The van der Waals surface area contributed by atoms with Gasteiger partial charge in [0.1, 0.15) is 0 Å². The summed E-state index contributed by atoms with van der Waals surface area (Å²) < 4.78 is 0. The van der Waals surface area contributed by atoms with E-state index in [-0.39, 0.29) is 0 Å². The van der Waals surface area contributed by atoms with E-state index in [0.717, 1.165) is 0 Å². The summed E-state index contributed by atoms with van der Waals surface area (Å²) in [6, 6.07) is 26.3. The molecule has 0 amide bonds. The van der Waals surface area contributed by atoms with Crippen LogP contribution in [0.3, 0.4) is 0 Å². The van der Waals surface area contributed by atoms with Crippen LogP contribution in [0.25, 0.3) is 21.5 Å². The van der Waals surface area contributed by atoms with Gasteiger partial charge in [-0.2, -0.15) is 0 Å². The van der Waals surface area contributed by atoms with Crippen LogP contribution in [0.2, 0.25) is 0 Å². The molecule has 0 atom stereocenters. The number of carboxylic acid groups (broad SMARTS) is 1. The number of hydrogen-bond donors (Lipinski definition) is 1. The fourth-order valence-corrected chi connectivity index (χ4v) is 3.92. The summed E-state index contributed by atoms with van der Waals surface area (Å²) in [5, 5.41) is 14.0. The first kappa shape index (κ1) is 17.3. The normalized spacial score (nSPS) is 12.9. The molecule has 4 aromatic carbocycles. The number of carboxylic acids is 1. The van der Waals surface area contributed by atoms with Gasteiger partial charge < -0.3 is 5.11 Å². The highest BCUT2D eigenvalue weighted by Crippen LogP contribution is 2.33. The average Bonchev–Trinajstić information content (AvgIpc) is 2.74. The molecule has 1 aliphatic rings. The number of hydrogen-bond acceptors (Lipinski definition) is 1. The fourth-order valence-electron chi connectivity index (χ4n) is 3.92. The molecule has 0 saturated carbocycles. The topological polar surface area (TPSA) is 37.3 Å². The van der Waals surface area contributed by atoms with Gasteiger partial charge in [-0.1, -0.05) is 66.7 Å². The van der Waals surface area contributed by atoms with E-state index in [4.69, 9.17) is 5.11 Å². The molecule has 134 valence electrons. The zero-order chi connectivity index (χ0) is 18.6. The van der Waals surface area contributed by atoms with Gasteiger partial charge in [0, 0.05) is 0 Å². The summed E-state index contributed by atoms with van der Waals surface area (Å²) in [7, 11) is 0. The summed E-state index contributed by atoms with van der Waals surface area (Å²) in [6.45, 7) is 0. The number of rotatable bonds is 1. The lowest BCUT2D eigenvalue weighted by Gasteiger charge is -2.18. The molecule has 27 heavy (non-hydrogen) atoms. The minimum Gasteiger partial charge on any atom is -0.478 e. The Balaban J connectivity index is 0.000000170. The van der Waals surface area contributed by atoms with Crippen molar-refractivity contribution in [1.82, 2.24) is 0 Å². The molecular weight excluding hydrogens is 332 g/mol. The monoisotopic (exact) mass is 354 g/mol. The molecule has 1 N–H and O–H groups in total. The molecule has 2 heteroatoms. The zero-order valence-corrected chi connectivity index (χ0v) is 15.2. The first-order valence-electron chi connectivity index (χ1n) is 9.44. The van der Waals surface area contributed by atoms with Crippen molar-refractivity contribution in [3.05, 3.63) is 95.6 Å². The van der Waals surface area contributed by atoms with Gasteiger partial charge in [-0.05, 0) is 70.5 Å². The maximum Gasteiger partial charge on any atom is 0.335 e. The standard InChI is InChI=1S/C18H16.C7H6O2/c1-3-7-15-13(5-1)9-11-18-16-8-4-2-6-14(16)10-12-17(15)18;8-7(9)6-4-2-1-3-5-6/h1,3,5,7,9-12H,2,4,6,8H2;1-5H,(H,8,9). The van der Waals surface area contributed by atoms with Gasteiger partial charge in [-0.25, -0.2) is 4.79 Å². The zero-order valence-electron chi connectivity index (χ0n) is 15.2. The number of benzene rings is 4. The predicted octanol–water partition coefficient (Wildman–Crippen LogP) is 6.26. The molecule has 4 aromatic rings. The Bertz CT molecular complexity index is 1100. The Kier molecular flexibility index (Phi) is 4.88. The van der Waals surface area contributed by atoms with Crippen molar-refractivity contribution in [2.75, 3.05) is 0 Å². The summed E-state index contributed by atoms with van der Waals surface area (Å²) in [4.78, 5) is 10.2. The van der Waals surface area contributed by atoms with Crippen LogP contribution in [0, 0.1) is 0 Å². The van der Waals surface area contributed by atoms with E-state index in [1.54, 1.807) is 41.5 Å². The molecule has 0 spiro atoms. The largest absolute Gasteiger partial charge is 0.478 e. The van der Waals surface area contributed by atoms with E-state index in [2.05, 4.69) is 48.5 Å². The van der Waals surface area contributed by atoms with Gasteiger partial charge in [0.15, 0.2) is 0 Å². The minimum atomic E-state index is -0.879. The van der Waals surface area contributed by atoms with Gasteiger partial charge >= 0.3 is 5.97 Å². The first-order chi connectivity index (χ1) is 13.2. The lowest BCUT2D eigenvalue weighted by Crippen LogP contribution is -2.02. The molecule has 0 unspecified atom stereocenters. The Hall–Kier alpha value is -3.13. The molecule has 0 bridgehead atoms. The molecule has 2 nitrogen and oxygen atoms in total. The first-order valence-corrected chi connectivity index (χ1v) is 9.44. The van der Waals surface area contributed by atoms with E-state index in [0.29, 0.717) is 5.56 Å². The minimum absolute atomic E-state index is 0.331. The third-order valence-corrected chi connectivity index (χ3v) is 5.28. The van der Waals surface area contributed by atoms with Crippen molar-refractivity contribution in [2.24, 2.45) is 0 Å². The molecule has 0 heterocycles. The molecule has 0 aliphatic heterocycles. The van der Waals surface area contributed by atoms with Crippen molar-refractivity contribution in [1.29, 1.82) is 0 Å². The van der Waals surface area contributed by atoms with Gasteiger partial charge in [0.2, 0.25) is 0 Å². The molecule has 0 radical (unpaired) electrons. The Morgan fingerprint density at radius 3 is 2.15 bits per heavy atom.